The molecule has 0 amide bonds. The van der Waals surface area contributed by atoms with Gasteiger partial charge in [0.05, 0.1) is 18.8 Å². The number of hydrogen-bond donors (Lipinski definition) is 3. The van der Waals surface area contributed by atoms with E-state index < -0.39 is 5.54 Å². The van der Waals surface area contributed by atoms with E-state index in [9.17, 15) is 0 Å². The molecule has 0 heterocycles. The molecule has 5 heteroatoms. The summed E-state index contributed by atoms with van der Waals surface area (Å²) in [5.74, 6) is 0. The molecule has 5 nitrogen and oxygen atoms in total. The largest absolute Gasteiger partial charge is 0.394 e. The van der Waals surface area contributed by atoms with E-state index in [2.05, 4.69) is 0 Å². The summed E-state index contributed by atoms with van der Waals surface area (Å²) in [6.07, 6.45) is 0. The van der Waals surface area contributed by atoms with E-state index in [1.165, 1.54) is 0 Å². The number of rotatable bonds is 2. The smallest absolute Gasteiger partial charge is 0.0631 e. The van der Waals surface area contributed by atoms with Gasteiger partial charge in [-0.3, -0.25) is 0 Å². The molecule has 0 radical (unpaired) electrons. The van der Waals surface area contributed by atoms with E-state index in [4.69, 9.17) is 25.9 Å². The molecule has 0 rings (SSSR count). The van der Waals surface area contributed by atoms with Gasteiger partial charge in [-0.15, -0.1) is 0 Å². The van der Waals surface area contributed by atoms with Gasteiger partial charge >= 0.3 is 0 Å². The fourth-order valence-electron chi connectivity index (χ4n) is 0.0500. The normalized spacial score (nSPS) is 9.78. The average molecular weight is 137 g/mol. The Hall–Kier alpha value is -0.520. The molecule has 0 aliphatic heterocycles. The molecule has 0 aliphatic rings. The zero-order chi connectivity index (χ0) is 7.91. The molecule has 0 fully saturated rings. The van der Waals surface area contributed by atoms with Crippen LogP contribution in [0.3, 0.4) is 0 Å². The van der Waals surface area contributed by atoms with Gasteiger partial charge in [0.25, 0.3) is 0 Å². The summed E-state index contributed by atoms with van der Waals surface area (Å²) in [6, 6.07) is 0. The molecule has 0 saturated carbocycles. The maximum atomic E-state index is 8.31. The monoisotopic (exact) mass is 137 g/mol. The molecule has 56 valence electrons. The molecular weight excluding hydrogens is 126 g/mol. The Balaban J connectivity index is 0. The lowest BCUT2D eigenvalue weighted by Crippen LogP contribution is -2.43. The first kappa shape index (κ1) is 11.3. The first-order chi connectivity index (χ1) is 4.12. The van der Waals surface area contributed by atoms with E-state index in [1.807, 2.05) is 0 Å². The fraction of sp³-hybridized carbons (Fsp3) is 1.00. The molecule has 0 saturated heterocycles. The van der Waals surface area contributed by atoms with Gasteiger partial charge in [-0.05, 0) is 6.92 Å². The van der Waals surface area contributed by atoms with Crippen molar-refractivity contribution in [1.29, 1.82) is 0 Å². The molecule has 0 unspecified atom stereocenters. The van der Waals surface area contributed by atoms with Crippen molar-refractivity contribution < 1.29 is 10.2 Å². The van der Waals surface area contributed by atoms with E-state index in [0.29, 0.717) is 0 Å². The molecule has 0 aromatic carbocycles. The molecule has 0 aliphatic carbocycles. The molecule has 9 heavy (non-hydrogen) atoms. The number of hydrogen-bond acceptors (Lipinski definition) is 5. The van der Waals surface area contributed by atoms with Crippen molar-refractivity contribution in [2.24, 2.45) is 5.73 Å². The molecule has 4 N–H and O–H groups in total. The van der Waals surface area contributed by atoms with Crippen molar-refractivity contribution in [2.45, 2.75) is 12.5 Å². The lowest BCUT2D eigenvalue weighted by molar-refractivity contribution is 0.134. The van der Waals surface area contributed by atoms with Gasteiger partial charge in [0.2, 0.25) is 0 Å². The minimum absolute atomic E-state index is 0.177. The van der Waals surface area contributed by atoms with Crippen molar-refractivity contribution in [1.82, 2.24) is 0 Å². The van der Waals surface area contributed by atoms with Crippen LogP contribution in [0.1, 0.15) is 6.92 Å². The Kier molecular flexibility index (Phi) is 7.05. The topological polar surface area (TPSA) is 101 Å². The third kappa shape index (κ3) is 7.48. The molecule has 0 atom stereocenters. The van der Waals surface area contributed by atoms with Crippen LogP contribution in [-0.2, 0) is 0 Å². The number of nitrogens with two attached hydrogens (primary N) is 1. The third-order valence-corrected chi connectivity index (χ3v) is 0.722. The summed E-state index contributed by atoms with van der Waals surface area (Å²) >= 11 is 0. The highest BCUT2D eigenvalue weighted by Gasteiger charge is 2.13. The maximum Gasteiger partial charge on any atom is 0.0631 e. The van der Waals surface area contributed by atoms with Crippen molar-refractivity contribution in [3.05, 3.63) is 9.93 Å². The minimum atomic E-state index is -0.806. The molecule has 0 aromatic heterocycles. The lowest BCUT2D eigenvalue weighted by Gasteiger charge is -2.16. The second-order valence-electron chi connectivity index (χ2n) is 1.97. The van der Waals surface area contributed by atoms with Crippen LogP contribution in [0.5, 0.6) is 0 Å². The quantitative estimate of drug-likeness (QED) is 0.441. The SMILES string of the molecule is CC(N)(CO)CO.O=O. The zero-order valence-corrected chi connectivity index (χ0v) is 5.20. The van der Waals surface area contributed by atoms with Crippen LogP contribution < -0.4 is 5.73 Å². The van der Waals surface area contributed by atoms with Gasteiger partial charge in [-0.2, -0.15) is 0 Å². The highest BCUT2D eigenvalue weighted by Crippen LogP contribution is 1.91. The first-order valence-electron chi connectivity index (χ1n) is 2.29. The van der Waals surface area contributed by atoms with Crippen LogP contribution in [0.15, 0.2) is 0 Å². The highest BCUT2D eigenvalue weighted by atomic mass is 16.7. The Morgan fingerprint density at radius 3 is 1.56 bits per heavy atom. The van der Waals surface area contributed by atoms with Crippen LogP contribution in [0, 0.1) is 9.93 Å². The highest BCUT2D eigenvalue weighted by molar-refractivity contribution is 4.74. The summed E-state index contributed by atoms with van der Waals surface area (Å²) < 4.78 is 0. The summed E-state index contributed by atoms with van der Waals surface area (Å²) in [6.45, 7) is 1.22. The van der Waals surface area contributed by atoms with Crippen LogP contribution in [0.25, 0.3) is 0 Å². The van der Waals surface area contributed by atoms with Crippen LogP contribution in [0.4, 0.5) is 0 Å². The van der Waals surface area contributed by atoms with Gasteiger partial charge in [0.15, 0.2) is 0 Å². The third-order valence-electron chi connectivity index (χ3n) is 0.722. The summed E-state index contributed by atoms with van der Waals surface area (Å²) in [5, 5.41) is 16.6. The molecule has 0 spiro atoms. The fourth-order valence-corrected chi connectivity index (χ4v) is 0.0500. The minimum Gasteiger partial charge on any atom is -0.394 e. The van der Waals surface area contributed by atoms with Gasteiger partial charge in [-0.25, -0.2) is 0 Å². The second kappa shape index (κ2) is 5.61. The molecule has 0 aromatic rings. The van der Waals surface area contributed by atoms with Gasteiger partial charge in [0, 0.05) is 9.93 Å². The Bertz CT molecular complexity index is 59.6. The Morgan fingerprint density at radius 2 is 1.56 bits per heavy atom. The van der Waals surface area contributed by atoms with Crippen molar-refractivity contribution in [2.75, 3.05) is 13.2 Å². The van der Waals surface area contributed by atoms with Crippen molar-refractivity contribution >= 4 is 0 Å². The van der Waals surface area contributed by atoms with Gasteiger partial charge in [-0.1, -0.05) is 0 Å². The summed E-state index contributed by atoms with van der Waals surface area (Å²) in [5.41, 5.74) is 4.41. The van der Waals surface area contributed by atoms with E-state index in [-0.39, 0.29) is 13.2 Å². The molecule has 0 bridgehead atoms. The first-order valence-corrected chi connectivity index (χ1v) is 2.29. The standard InChI is InChI=1S/C4H11NO2.O2/c1-4(5,2-6)3-7;1-2/h6-7H,2-3,5H2,1H3;. The predicted molar refractivity (Wildman–Crippen MR) is 33.5 cm³/mol. The van der Waals surface area contributed by atoms with Gasteiger partial charge < -0.3 is 15.9 Å². The van der Waals surface area contributed by atoms with Crippen molar-refractivity contribution in [3.63, 3.8) is 0 Å². The number of aliphatic hydroxyl groups is 2. The zero-order valence-electron chi connectivity index (χ0n) is 5.20. The van der Waals surface area contributed by atoms with Crippen LogP contribution in [0.2, 0.25) is 0 Å². The number of aliphatic hydroxyl groups excluding tert-OH is 2. The Morgan fingerprint density at radius 1 is 1.33 bits per heavy atom. The summed E-state index contributed by atoms with van der Waals surface area (Å²) in [7, 11) is 0. The summed E-state index contributed by atoms with van der Waals surface area (Å²) in [4.78, 5) is 14.0. The maximum absolute atomic E-state index is 8.31. The van der Waals surface area contributed by atoms with E-state index in [1.54, 1.807) is 6.92 Å². The van der Waals surface area contributed by atoms with E-state index >= 15 is 0 Å². The van der Waals surface area contributed by atoms with Crippen LogP contribution >= 0.6 is 0 Å². The predicted octanol–water partition coefficient (Wildman–Crippen LogP) is -1.24. The van der Waals surface area contributed by atoms with Crippen molar-refractivity contribution in [3.8, 4) is 0 Å². The average Bonchev–Trinajstić information content (AvgIpc) is 1.93. The second-order valence-corrected chi connectivity index (χ2v) is 1.97. The lowest BCUT2D eigenvalue weighted by atomic mass is 10.1. The van der Waals surface area contributed by atoms with E-state index in [0.717, 1.165) is 0 Å². The Labute approximate surface area is 52.7 Å². The van der Waals surface area contributed by atoms with Gasteiger partial charge in [0.1, 0.15) is 0 Å². The van der Waals surface area contributed by atoms with Crippen LogP contribution in [-0.4, -0.2) is 29.0 Å². The molecular formula is C4H11NO4.